The molecular formula is C30H31NO7. The summed E-state index contributed by atoms with van der Waals surface area (Å²) in [4.78, 5) is 28.3. The quantitative estimate of drug-likeness (QED) is 0.242. The van der Waals surface area contributed by atoms with Gasteiger partial charge in [0, 0.05) is 11.3 Å². The molecule has 0 saturated carbocycles. The van der Waals surface area contributed by atoms with Gasteiger partial charge in [0.15, 0.2) is 11.5 Å². The van der Waals surface area contributed by atoms with Crippen LogP contribution in [-0.2, 0) is 9.59 Å². The summed E-state index contributed by atoms with van der Waals surface area (Å²) in [7, 11) is 4.46. The van der Waals surface area contributed by atoms with Crippen molar-refractivity contribution in [3.8, 4) is 23.0 Å². The molecule has 0 aliphatic carbocycles. The van der Waals surface area contributed by atoms with E-state index in [0.29, 0.717) is 39.8 Å². The van der Waals surface area contributed by atoms with Crippen molar-refractivity contribution in [2.24, 2.45) is 0 Å². The first-order valence-corrected chi connectivity index (χ1v) is 12.1. The van der Waals surface area contributed by atoms with Crippen LogP contribution in [0, 0.1) is 6.92 Å². The highest BCUT2D eigenvalue weighted by atomic mass is 16.5. The summed E-state index contributed by atoms with van der Waals surface area (Å²) in [6.45, 7) is 5.76. The molecule has 1 saturated heterocycles. The molecule has 1 N–H and O–H groups in total. The largest absolute Gasteiger partial charge is 0.507 e. The minimum absolute atomic E-state index is 0.0192. The van der Waals surface area contributed by atoms with Crippen LogP contribution >= 0.6 is 0 Å². The van der Waals surface area contributed by atoms with E-state index in [1.54, 1.807) is 48.5 Å². The van der Waals surface area contributed by atoms with Crippen LogP contribution in [0.1, 0.15) is 36.6 Å². The van der Waals surface area contributed by atoms with E-state index in [0.717, 1.165) is 5.56 Å². The molecule has 1 atom stereocenters. The third kappa shape index (κ3) is 4.89. The van der Waals surface area contributed by atoms with Gasteiger partial charge in [0.2, 0.25) is 5.75 Å². The molecule has 3 aromatic rings. The van der Waals surface area contributed by atoms with Gasteiger partial charge in [-0.05, 0) is 74.9 Å². The maximum absolute atomic E-state index is 13.5. The van der Waals surface area contributed by atoms with Crippen molar-refractivity contribution in [2.75, 3.05) is 26.2 Å². The Labute approximate surface area is 222 Å². The number of carbonyl (C=O) groups excluding carboxylic acids is 2. The highest BCUT2D eigenvalue weighted by Crippen LogP contribution is 2.47. The van der Waals surface area contributed by atoms with Crippen molar-refractivity contribution in [1.29, 1.82) is 0 Å². The molecule has 1 fully saturated rings. The fraction of sp³-hybridized carbons (Fsp3) is 0.267. The maximum atomic E-state index is 13.5. The van der Waals surface area contributed by atoms with Crippen LogP contribution in [0.3, 0.4) is 0 Å². The van der Waals surface area contributed by atoms with Crippen LogP contribution in [0.4, 0.5) is 5.69 Å². The standard InChI is InChI=1S/C30H31NO7/c1-17(2)38-22-13-9-19(10-14-22)27(32)25-26(20-15-23(35-4)29(37-6)24(16-20)36-5)31(30(34)28(25)33)21-11-7-18(3)8-12-21/h7-17,26,32H,1-6H3/b27-25+. The third-order valence-corrected chi connectivity index (χ3v) is 6.26. The van der Waals surface area contributed by atoms with Crippen LogP contribution in [0.5, 0.6) is 23.0 Å². The van der Waals surface area contributed by atoms with Gasteiger partial charge in [0.25, 0.3) is 11.7 Å². The first kappa shape index (κ1) is 26.6. The smallest absolute Gasteiger partial charge is 0.300 e. The number of aryl methyl sites for hydroxylation is 1. The molecule has 38 heavy (non-hydrogen) atoms. The molecule has 4 rings (SSSR count). The van der Waals surface area contributed by atoms with E-state index in [-0.39, 0.29) is 17.4 Å². The lowest BCUT2D eigenvalue weighted by molar-refractivity contribution is -0.132. The number of aliphatic hydroxyl groups is 1. The molecule has 0 bridgehead atoms. The number of nitrogens with zero attached hydrogens (tertiary/aromatic N) is 1. The van der Waals surface area contributed by atoms with Gasteiger partial charge in [0.05, 0.1) is 39.0 Å². The number of hydrogen-bond acceptors (Lipinski definition) is 7. The van der Waals surface area contributed by atoms with Gasteiger partial charge >= 0.3 is 0 Å². The van der Waals surface area contributed by atoms with E-state index >= 15 is 0 Å². The van der Waals surface area contributed by atoms with Crippen molar-refractivity contribution in [3.05, 3.63) is 82.9 Å². The van der Waals surface area contributed by atoms with Crippen molar-refractivity contribution >= 4 is 23.1 Å². The zero-order chi connectivity index (χ0) is 27.6. The molecule has 1 heterocycles. The Morgan fingerprint density at radius 2 is 1.45 bits per heavy atom. The molecule has 198 valence electrons. The van der Waals surface area contributed by atoms with Crippen molar-refractivity contribution < 1.29 is 33.6 Å². The molecule has 1 aliphatic rings. The van der Waals surface area contributed by atoms with Gasteiger partial charge < -0.3 is 24.1 Å². The van der Waals surface area contributed by atoms with Crippen LogP contribution in [0.2, 0.25) is 0 Å². The van der Waals surface area contributed by atoms with Crippen LogP contribution in [0.25, 0.3) is 5.76 Å². The van der Waals surface area contributed by atoms with Crippen molar-refractivity contribution in [2.45, 2.75) is 32.9 Å². The van der Waals surface area contributed by atoms with Crippen LogP contribution in [-0.4, -0.2) is 44.2 Å². The lowest BCUT2D eigenvalue weighted by atomic mass is 9.94. The van der Waals surface area contributed by atoms with E-state index in [1.165, 1.54) is 26.2 Å². The second-order valence-corrected chi connectivity index (χ2v) is 9.15. The predicted molar refractivity (Wildman–Crippen MR) is 144 cm³/mol. The average Bonchev–Trinajstić information content (AvgIpc) is 3.18. The number of methoxy groups -OCH3 is 3. The topological polar surface area (TPSA) is 94.5 Å². The molecule has 8 heteroatoms. The molecule has 3 aromatic carbocycles. The zero-order valence-corrected chi connectivity index (χ0v) is 22.3. The molecular weight excluding hydrogens is 486 g/mol. The van der Waals surface area contributed by atoms with Gasteiger partial charge in [0.1, 0.15) is 11.5 Å². The highest BCUT2D eigenvalue weighted by Gasteiger charge is 2.47. The van der Waals surface area contributed by atoms with Crippen molar-refractivity contribution in [3.63, 3.8) is 0 Å². The first-order valence-electron chi connectivity index (χ1n) is 12.1. The molecule has 8 nitrogen and oxygen atoms in total. The fourth-order valence-electron chi connectivity index (χ4n) is 4.50. The van der Waals surface area contributed by atoms with Gasteiger partial charge in [-0.15, -0.1) is 0 Å². The summed E-state index contributed by atoms with van der Waals surface area (Å²) in [5.41, 5.74) is 2.33. The van der Waals surface area contributed by atoms with Gasteiger partial charge in [-0.2, -0.15) is 0 Å². The molecule has 1 unspecified atom stereocenters. The SMILES string of the molecule is COc1cc(C2/C(=C(\O)c3ccc(OC(C)C)cc3)C(=O)C(=O)N2c2ccc(C)cc2)cc(OC)c1OC. The maximum Gasteiger partial charge on any atom is 0.300 e. The van der Waals surface area contributed by atoms with E-state index in [2.05, 4.69) is 0 Å². The molecule has 0 radical (unpaired) electrons. The Morgan fingerprint density at radius 3 is 1.95 bits per heavy atom. The predicted octanol–water partition coefficient (Wildman–Crippen LogP) is 5.43. The number of benzene rings is 3. The average molecular weight is 518 g/mol. The second-order valence-electron chi connectivity index (χ2n) is 9.15. The number of hydrogen-bond donors (Lipinski definition) is 1. The van der Waals surface area contributed by atoms with E-state index in [1.807, 2.05) is 32.9 Å². The van der Waals surface area contributed by atoms with Crippen molar-refractivity contribution in [1.82, 2.24) is 0 Å². The number of rotatable bonds is 8. The fourth-order valence-corrected chi connectivity index (χ4v) is 4.50. The lowest BCUT2D eigenvalue weighted by Gasteiger charge is -2.26. The Morgan fingerprint density at radius 1 is 0.868 bits per heavy atom. The Hall–Kier alpha value is -4.46. The Balaban J connectivity index is 1.94. The van der Waals surface area contributed by atoms with Crippen LogP contribution in [0.15, 0.2) is 66.2 Å². The summed E-state index contributed by atoms with van der Waals surface area (Å²) in [6, 6.07) is 16.3. The number of Topliss-reactive ketones (excluding diaryl/α,β-unsaturated/α-hetero) is 1. The molecule has 1 amide bonds. The van der Waals surface area contributed by atoms with E-state index in [4.69, 9.17) is 18.9 Å². The summed E-state index contributed by atoms with van der Waals surface area (Å²) in [5.74, 6) is -0.159. The highest BCUT2D eigenvalue weighted by molar-refractivity contribution is 6.51. The number of ketones is 1. The van der Waals surface area contributed by atoms with Gasteiger partial charge in [-0.25, -0.2) is 0 Å². The monoisotopic (exact) mass is 517 g/mol. The van der Waals surface area contributed by atoms with E-state index < -0.39 is 17.7 Å². The Bertz CT molecular complexity index is 1350. The van der Waals surface area contributed by atoms with E-state index in [9.17, 15) is 14.7 Å². The van der Waals surface area contributed by atoms with Gasteiger partial charge in [-0.3, -0.25) is 14.5 Å². The number of carbonyl (C=O) groups is 2. The minimum Gasteiger partial charge on any atom is -0.507 e. The number of amides is 1. The normalized spacial score (nSPS) is 16.6. The molecule has 0 aromatic heterocycles. The van der Waals surface area contributed by atoms with Gasteiger partial charge in [-0.1, -0.05) is 17.7 Å². The number of anilines is 1. The summed E-state index contributed by atoms with van der Waals surface area (Å²) in [5, 5.41) is 11.4. The number of ether oxygens (including phenoxy) is 4. The molecule has 1 aliphatic heterocycles. The summed E-state index contributed by atoms with van der Waals surface area (Å²) in [6.07, 6.45) is -0.0192. The molecule has 0 spiro atoms. The number of aliphatic hydroxyl groups excluding tert-OH is 1. The Kier molecular flexibility index (Phi) is 7.62. The summed E-state index contributed by atoms with van der Waals surface area (Å²) >= 11 is 0. The van der Waals surface area contributed by atoms with Crippen LogP contribution < -0.4 is 23.8 Å². The summed E-state index contributed by atoms with van der Waals surface area (Å²) < 4.78 is 22.2. The third-order valence-electron chi connectivity index (χ3n) is 6.26. The minimum atomic E-state index is -0.960. The zero-order valence-electron chi connectivity index (χ0n) is 22.3. The first-order chi connectivity index (χ1) is 18.2. The lowest BCUT2D eigenvalue weighted by Crippen LogP contribution is -2.29. The second kappa shape index (κ2) is 10.9.